The Bertz CT molecular complexity index is 180. The quantitative estimate of drug-likeness (QED) is 0.596. The summed E-state index contributed by atoms with van der Waals surface area (Å²) < 4.78 is 0. The predicted octanol–water partition coefficient (Wildman–Crippen LogP) is -0.207. The Kier molecular flexibility index (Phi) is 4.90. The Morgan fingerprint density at radius 3 is 2.79 bits per heavy atom. The van der Waals surface area contributed by atoms with Gasteiger partial charge in [0, 0.05) is 19.6 Å². The topological polar surface area (TPSA) is 58.4 Å². The zero-order chi connectivity index (χ0) is 10.4. The summed E-state index contributed by atoms with van der Waals surface area (Å²) in [7, 11) is 0. The number of nitrogens with one attached hydrogen (secondary N) is 1. The van der Waals surface area contributed by atoms with Gasteiger partial charge in [-0.1, -0.05) is 6.92 Å². The van der Waals surface area contributed by atoms with Crippen LogP contribution in [0.5, 0.6) is 0 Å². The molecular weight excluding hydrogens is 178 g/mol. The van der Waals surface area contributed by atoms with E-state index >= 15 is 0 Å². The van der Waals surface area contributed by atoms with Crippen molar-refractivity contribution in [3.05, 3.63) is 0 Å². The van der Waals surface area contributed by atoms with Crippen LogP contribution in [0.25, 0.3) is 0 Å². The Morgan fingerprint density at radius 1 is 1.57 bits per heavy atom. The summed E-state index contributed by atoms with van der Waals surface area (Å²) in [4.78, 5) is 13.5. The highest BCUT2D eigenvalue weighted by atomic mass is 16.2. The molecule has 1 aliphatic rings. The molecule has 82 valence electrons. The van der Waals surface area contributed by atoms with E-state index in [1.165, 1.54) is 12.8 Å². The van der Waals surface area contributed by atoms with Crippen LogP contribution in [0.3, 0.4) is 0 Å². The molecule has 0 aliphatic heterocycles. The van der Waals surface area contributed by atoms with Gasteiger partial charge in [-0.3, -0.25) is 9.69 Å². The van der Waals surface area contributed by atoms with Gasteiger partial charge < -0.3 is 11.1 Å². The molecule has 0 saturated heterocycles. The number of nitrogens with zero attached hydrogens (tertiary/aromatic N) is 1. The van der Waals surface area contributed by atoms with Crippen molar-refractivity contribution in [1.29, 1.82) is 0 Å². The molecule has 1 amide bonds. The van der Waals surface area contributed by atoms with Crippen molar-refractivity contribution in [3.8, 4) is 0 Å². The Labute approximate surface area is 85.8 Å². The van der Waals surface area contributed by atoms with Crippen LogP contribution >= 0.6 is 0 Å². The molecule has 0 heterocycles. The highest BCUT2D eigenvalue weighted by Gasteiger charge is 2.21. The second kappa shape index (κ2) is 5.98. The summed E-state index contributed by atoms with van der Waals surface area (Å²) in [5, 5.41) is 2.95. The molecule has 1 fully saturated rings. The second-order valence-corrected chi connectivity index (χ2v) is 3.90. The maximum absolute atomic E-state index is 11.4. The fraction of sp³-hybridized carbons (Fsp3) is 0.900. The number of carbonyl (C=O) groups excluding carboxylic acids is 1. The first-order valence-electron chi connectivity index (χ1n) is 5.45. The van der Waals surface area contributed by atoms with E-state index in [1.54, 1.807) is 0 Å². The Morgan fingerprint density at radius 2 is 2.29 bits per heavy atom. The summed E-state index contributed by atoms with van der Waals surface area (Å²) in [5.74, 6) is 0.885. The van der Waals surface area contributed by atoms with Crippen LogP contribution in [0.4, 0.5) is 0 Å². The van der Waals surface area contributed by atoms with Gasteiger partial charge in [0.1, 0.15) is 0 Å². The molecule has 3 N–H and O–H groups in total. The highest BCUT2D eigenvalue weighted by Crippen LogP contribution is 2.27. The molecule has 4 heteroatoms. The average molecular weight is 199 g/mol. The van der Waals surface area contributed by atoms with Crippen LogP contribution in [-0.2, 0) is 4.79 Å². The van der Waals surface area contributed by atoms with E-state index in [2.05, 4.69) is 10.2 Å². The Hall–Kier alpha value is -0.610. The number of likely N-dealkylation sites (N-methyl/N-ethyl adjacent to an activating group) is 1. The van der Waals surface area contributed by atoms with E-state index < -0.39 is 0 Å². The van der Waals surface area contributed by atoms with Crippen molar-refractivity contribution in [2.24, 2.45) is 11.7 Å². The van der Waals surface area contributed by atoms with Crippen LogP contribution in [0.15, 0.2) is 0 Å². The van der Waals surface area contributed by atoms with Gasteiger partial charge in [0.05, 0.1) is 6.54 Å². The maximum Gasteiger partial charge on any atom is 0.234 e. The van der Waals surface area contributed by atoms with E-state index in [1.807, 2.05) is 6.92 Å². The number of nitrogens with two attached hydrogens (primary N) is 1. The minimum absolute atomic E-state index is 0.132. The molecule has 0 aromatic rings. The maximum atomic E-state index is 11.4. The van der Waals surface area contributed by atoms with Gasteiger partial charge in [0.25, 0.3) is 0 Å². The van der Waals surface area contributed by atoms with Gasteiger partial charge in [0.2, 0.25) is 5.91 Å². The lowest BCUT2D eigenvalue weighted by Crippen LogP contribution is -2.40. The summed E-state index contributed by atoms with van der Waals surface area (Å²) in [6, 6.07) is 0. The smallest absolute Gasteiger partial charge is 0.234 e. The SMILES string of the molecule is CCN(CCN)CC(=O)NCC1CC1. The molecule has 0 spiro atoms. The van der Waals surface area contributed by atoms with Crippen molar-refractivity contribution in [3.63, 3.8) is 0 Å². The Balaban J connectivity index is 2.09. The number of amides is 1. The van der Waals surface area contributed by atoms with Crippen LogP contribution < -0.4 is 11.1 Å². The lowest BCUT2D eigenvalue weighted by atomic mass is 10.4. The molecule has 0 atom stereocenters. The third-order valence-corrected chi connectivity index (χ3v) is 2.54. The second-order valence-electron chi connectivity index (χ2n) is 3.90. The molecule has 0 unspecified atom stereocenters. The average Bonchev–Trinajstić information content (AvgIpc) is 2.97. The van der Waals surface area contributed by atoms with Gasteiger partial charge in [-0.05, 0) is 25.3 Å². The number of hydrogen-bond acceptors (Lipinski definition) is 3. The monoisotopic (exact) mass is 199 g/mol. The van der Waals surface area contributed by atoms with Gasteiger partial charge in [-0.15, -0.1) is 0 Å². The van der Waals surface area contributed by atoms with Crippen LogP contribution in [0.2, 0.25) is 0 Å². The molecular formula is C10H21N3O. The van der Waals surface area contributed by atoms with Crippen molar-refractivity contribution >= 4 is 5.91 Å². The standard InChI is InChI=1S/C10H21N3O/c1-2-13(6-5-11)8-10(14)12-7-9-3-4-9/h9H,2-8,11H2,1H3,(H,12,14). The fourth-order valence-corrected chi connectivity index (χ4v) is 1.37. The van der Waals surface area contributed by atoms with Crippen molar-refractivity contribution in [2.75, 3.05) is 32.7 Å². The summed E-state index contributed by atoms with van der Waals surface area (Å²) in [5.41, 5.74) is 5.44. The molecule has 0 aromatic heterocycles. The van der Waals surface area contributed by atoms with Crippen molar-refractivity contribution in [1.82, 2.24) is 10.2 Å². The van der Waals surface area contributed by atoms with E-state index in [0.717, 1.165) is 25.6 Å². The third kappa shape index (κ3) is 4.58. The van der Waals surface area contributed by atoms with Crippen molar-refractivity contribution in [2.45, 2.75) is 19.8 Å². The van der Waals surface area contributed by atoms with Gasteiger partial charge in [0.15, 0.2) is 0 Å². The normalized spacial score (nSPS) is 15.9. The first-order valence-corrected chi connectivity index (χ1v) is 5.45. The first-order chi connectivity index (χ1) is 6.76. The highest BCUT2D eigenvalue weighted by molar-refractivity contribution is 5.78. The van der Waals surface area contributed by atoms with E-state index in [9.17, 15) is 4.79 Å². The molecule has 0 bridgehead atoms. The van der Waals surface area contributed by atoms with E-state index in [0.29, 0.717) is 13.1 Å². The van der Waals surface area contributed by atoms with Gasteiger partial charge >= 0.3 is 0 Å². The van der Waals surface area contributed by atoms with Crippen LogP contribution in [-0.4, -0.2) is 43.5 Å². The molecule has 0 aromatic carbocycles. The zero-order valence-corrected chi connectivity index (χ0v) is 8.96. The third-order valence-electron chi connectivity index (χ3n) is 2.54. The van der Waals surface area contributed by atoms with Gasteiger partial charge in [-0.25, -0.2) is 0 Å². The number of carbonyl (C=O) groups is 1. The summed E-state index contributed by atoms with van der Waals surface area (Å²) >= 11 is 0. The largest absolute Gasteiger partial charge is 0.355 e. The molecule has 1 aliphatic carbocycles. The van der Waals surface area contributed by atoms with Crippen LogP contribution in [0.1, 0.15) is 19.8 Å². The minimum Gasteiger partial charge on any atom is -0.355 e. The number of hydrogen-bond donors (Lipinski definition) is 2. The molecule has 1 rings (SSSR count). The molecule has 4 nitrogen and oxygen atoms in total. The lowest BCUT2D eigenvalue weighted by Gasteiger charge is -2.18. The molecule has 1 saturated carbocycles. The minimum atomic E-state index is 0.132. The van der Waals surface area contributed by atoms with Crippen LogP contribution in [0, 0.1) is 5.92 Å². The zero-order valence-electron chi connectivity index (χ0n) is 8.96. The first kappa shape index (κ1) is 11.5. The molecule has 0 radical (unpaired) electrons. The van der Waals surface area contributed by atoms with Crippen molar-refractivity contribution < 1.29 is 4.79 Å². The van der Waals surface area contributed by atoms with E-state index in [-0.39, 0.29) is 5.91 Å². The summed E-state index contributed by atoms with van der Waals surface area (Å²) in [6.07, 6.45) is 2.56. The lowest BCUT2D eigenvalue weighted by molar-refractivity contribution is -0.122. The predicted molar refractivity (Wildman–Crippen MR) is 56.9 cm³/mol. The van der Waals surface area contributed by atoms with E-state index in [4.69, 9.17) is 5.73 Å². The summed E-state index contributed by atoms with van der Waals surface area (Å²) in [6.45, 7) is 5.69. The fourth-order valence-electron chi connectivity index (χ4n) is 1.37. The number of rotatable bonds is 7. The van der Waals surface area contributed by atoms with Gasteiger partial charge in [-0.2, -0.15) is 0 Å². The molecule has 14 heavy (non-hydrogen) atoms.